The first kappa shape index (κ1) is 20.0. The van der Waals surface area contributed by atoms with Gasteiger partial charge in [-0.05, 0) is 18.1 Å². The van der Waals surface area contributed by atoms with E-state index in [0.29, 0.717) is 37.6 Å². The monoisotopic (exact) mass is 383 g/mol. The Kier molecular flexibility index (Phi) is 5.54. The molecular formula is C21H29N5O2. The lowest BCUT2D eigenvalue weighted by Gasteiger charge is -2.37. The minimum absolute atomic E-state index is 0.0336. The molecule has 3 rings (SSSR count). The molecule has 0 aliphatic carbocycles. The van der Waals surface area contributed by atoms with Crippen LogP contribution in [0.4, 0.5) is 0 Å². The summed E-state index contributed by atoms with van der Waals surface area (Å²) in [7, 11) is 0. The molecule has 1 aliphatic rings. The summed E-state index contributed by atoms with van der Waals surface area (Å²) in [6.07, 6.45) is 3.35. The molecule has 1 fully saturated rings. The van der Waals surface area contributed by atoms with Crippen molar-refractivity contribution < 1.29 is 9.59 Å². The number of carbonyl (C=O) groups is 2. The summed E-state index contributed by atoms with van der Waals surface area (Å²) in [6, 6.07) is 5.64. The van der Waals surface area contributed by atoms with Crippen molar-refractivity contribution in [1.82, 2.24) is 24.6 Å². The molecule has 2 aromatic heterocycles. The van der Waals surface area contributed by atoms with E-state index in [1.807, 2.05) is 62.6 Å². The summed E-state index contributed by atoms with van der Waals surface area (Å²) in [5.41, 5.74) is 1.06. The second-order valence-corrected chi connectivity index (χ2v) is 8.53. The molecule has 28 heavy (non-hydrogen) atoms. The molecule has 0 spiro atoms. The van der Waals surface area contributed by atoms with Crippen molar-refractivity contribution in [2.75, 3.05) is 26.2 Å². The lowest BCUT2D eigenvalue weighted by atomic mass is 9.94. The molecule has 0 N–H and O–H groups in total. The normalized spacial score (nSPS) is 15.2. The Balaban J connectivity index is 1.79. The molecule has 7 heteroatoms. The number of piperazine rings is 1. The van der Waals surface area contributed by atoms with Crippen molar-refractivity contribution in [3.05, 3.63) is 41.9 Å². The summed E-state index contributed by atoms with van der Waals surface area (Å²) < 4.78 is 1.75. The van der Waals surface area contributed by atoms with Gasteiger partial charge in [0.2, 0.25) is 5.91 Å². The van der Waals surface area contributed by atoms with Crippen LogP contribution in [-0.2, 0) is 4.79 Å². The Morgan fingerprint density at radius 2 is 1.68 bits per heavy atom. The number of nitrogens with zero attached hydrogens (tertiary/aromatic N) is 5. The summed E-state index contributed by atoms with van der Waals surface area (Å²) in [5, 5.41) is 4.44. The van der Waals surface area contributed by atoms with Gasteiger partial charge in [0.05, 0.1) is 17.5 Å². The first-order valence-corrected chi connectivity index (χ1v) is 9.78. The fourth-order valence-corrected chi connectivity index (χ4v) is 3.50. The molecule has 7 nitrogen and oxygen atoms in total. The van der Waals surface area contributed by atoms with Gasteiger partial charge < -0.3 is 9.80 Å². The molecule has 3 heterocycles. The van der Waals surface area contributed by atoms with Crippen LogP contribution >= 0.6 is 0 Å². The predicted molar refractivity (Wildman–Crippen MR) is 107 cm³/mol. The van der Waals surface area contributed by atoms with Crippen LogP contribution in [0.5, 0.6) is 0 Å². The van der Waals surface area contributed by atoms with Crippen molar-refractivity contribution in [2.24, 2.45) is 5.41 Å². The molecule has 0 radical (unpaired) electrons. The van der Waals surface area contributed by atoms with E-state index in [9.17, 15) is 9.59 Å². The third-order valence-corrected chi connectivity index (χ3v) is 4.95. The third kappa shape index (κ3) is 3.93. The van der Waals surface area contributed by atoms with Gasteiger partial charge in [-0.2, -0.15) is 5.10 Å². The molecule has 1 saturated heterocycles. The SMILES string of the molecule is CC(C)c1c(C(=O)N2CCN(C(=O)C(C)(C)C)CC2)cnn1-c1ccccn1. The molecule has 0 atom stereocenters. The van der Waals surface area contributed by atoms with E-state index in [0.717, 1.165) is 5.69 Å². The van der Waals surface area contributed by atoms with Crippen molar-refractivity contribution in [3.63, 3.8) is 0 Å². The van der Waals surface area contributed by atoms with E-state index < -0.39 is 5.41 Å². The van der Waals surface area contributed by atoms with Crippen LogP contribution in [-0.4, -0.2) is 62.6 Å². The van der Waals surface area contributed by atoms with Gasteiger partial charge in [-0.25, -0.2) is 9.67 Å². The third-order valence-electron chi connectivity index (χ3n) is 4.95. The average Bonchev–Trinajstić information content (AvgIpc) is 3.12. The molecule has 2 amide bonds. The van der Waals surface area contributed by atoms with Crippen LogP contribution in [0.3, 0.4) is 0 Å². The smallest absolute Gasteiger partial charge is 0.257 e. The first-order valence-electron chi connectivity index (χ1n) is 9.78. The van der Waals surface area contributed by atoms with Gasteiger partial charge >= 0.3 is 0 Å². The van der Waals surface area contributed by atoms with Crippen molar-refractivity contribution in [3.8, 4) is 5.82 Å². The summed E-state index contributed by atoms with van der Waals surface area (Å²) >= 11 is 0. The Morgan fingerprint density at radius 3 is 2.21 bits per heavy atom. The Hall–Kier alpha value is -2.70. The lowest BCUT2D eigenvalue weighted by molar-refractivity contribution is -0.140. The van der Waals surface area contributed by atoms with Gasteiger partial charge in [0.25, 0.3) is 5.91 Å². The molecule has 0 aromatic carbocycles. The summed E-state index contributed by atoms with van der Waals surface area (Å²) in [5.74, 6) is 0.914. The highest BCUT2D eigenvalue weighted by Gasteiger charge is 2.32. The quantitative estimate of drug-likeness (QED) is 0.817. The average molecular weight is 383 g/mol. The summed E-state index contributed by atoms with van der Waals surface area (Å²) in [4.78, 5) is 33.7. The number of carbonyl (C=O) groups excluding carboxylic acids is 2. The fourth-order valence-electron chi connectivity index (χ4n) is 3.50. The molecule has 0 bridgehead atoms. The van der Waals surface area contributed by atoms with Crippen molar-refractivity contribution in [2.45, 2.75) is 40.5 Å². The molecule has 1 aliphatic heterocycles. The molecular weight excluding hydrogens is 354 g/mol. The first-order chi connectivity index (χ1) is 13.2. The van der Waals surface area contributed by atoms with E-state index >= 15 is 0 Å². The van der Waals surface area contributed by atoms with E-state index in [2.05, 4.69) is 10.1 Å². The molecule has 0 saturated carbocycles. The van der Waals surface area contributed by atoms with Crippen molar-refractivity contribution in [1.29, 1.82) is 0 Å². The van der Waals surface area contributed by atoms with Gasteiger partial charge in [0.1, 0.15) is 0 Å². The highest BCUT2D eigenvalue weighted by Crippen LogP contribution is 2.24. The van der Waals surface area contributed by atoms with Gasteiger partial charge in [0, 0.05) is 37.8 Å². The van der Waals surface area contributed by atoms with Crippen LogP contribution in [0, 0.1) is 5.41 Å². The molecule has 0 unspecified atom stereocenters. The maximum atomic E-state index is 13.2. The minimum atomic E-state index is -0.402. The summed E-state index contributed by atoms with van der Waals surface area (Å²) in [6.45, 7) is 12.1. The maximum Gasteiger partial charge on any atom is 0.257 e. The van der Waals surface area contributed by atoms with Gasteiger partial charge in [-0.1, -0.05) is 40.7 Å². The molecule has 2 aromatic rings. The maximum absolute atomic E-state index is 13.2. The zero-order chi connectivity index (χ0) is 20.5. The van der Waals surface area contributed by atoms with E-state index in [1.54, 1.807) is 17.1 Å². The van der Waals surface area contributed by atoms with E-state index in [4.69, 9.17) is 0 Å². The van der Waals surface area contributed by atoms with Gasteiger partial charge in [-0.15, -0.1) is 0 Å². The van der Waals surface area contributed by atoms with Crippen molar-refractivity contribution >= 4 is 11.8 Å². The largest absolute Gasteiger partial charge is 0.339 e. The second-order valence-electron chi connectivity index (χ2n) is 8.53. The standard InChI is InChI=1S/C21H29N5O2/c1-15(2)18-16(14-23-26(18)17-8-6-7-9-22-17)19(27)24-10-12-25(13-11-24)20(28)21(3,4)5/h6-9,14-15H,10-13H2,1-5H3. The fraction of sp³-hybridized carbons (Fsp3) is 0.524. The Labute approximate surface area is 166 Å². The number of rotatable bonds is 3. The Bertz CT molecular complexity index is 843. The lowest BCUT2D eigenvalue weighted by Crippen LogP contribution is -2.53. The van der Waals surface area contributed by atoms with E-state index in [1.165, 1.54) is 0 Å². The highest BCUT2D eigenvalue weighted by molar-refractivity contribution is 5.95. The van der Waals surface area contributed by atoms with Crippen LogP contribution in [0.2, 0.25) is 0 Å². The minimum Gasteiger partial charge on any atom is -0.339 e. The van der Waals surface area contributed by atoms with Crippen LogP contribution in [0.1, 0.15) is 56.6 Å². The second kappa shape index (κ2) is 7.73. The van der Waals surface area contributed by atoms with E-state index in [-0.39, 0.29) is 17.7 Å². The van der Waals surface area contributed by atoms with Gasteiger partial charge in [-0.3, -0.25) is 9.59 Å². The highest BCUT2D eigenvalue weighted by atomic mass is 16.2. The van der Waals surface area contributed by atoms with Crippen LogP contribution < -0.4 is 0 Å². The zero-order valence-corrected chi connectivity index (χ0v) is 17.3. The number of pyridine rings is 1. The van der Waals surface area contributed by atoms with Crippen LogP contribution in [0.15, 0.2) is 30.6 Å². The number of hydrogen-bond acceptors (Lipinski definition) is 4. The zero-order valence-electron chi connectivity index (χ0n) is 17.3. The van der Waals surface area contributed by atoms with Crippen LogP contribution in [0.25, 0.3) is 5.82 Å². The van der Waals surface area contributed by atoms with Gasteiger partial charge in [0.15, 0.2) is 5.82 Å². The predicted octanol–water partition coefficient (Wildman–Crippen LogP) is 2.72. The number of hydrogen-bond donors (Lipinski definition) is 0. The topological polar surface area (TPSA) is 71.3 Å². The number of aromatic nitrogens is 3. The Morgan fingerprint density at radius 1 is 1.04 bits per heavy atom. The molecule has 150 valence electrons. The number of amides is 2.